The third-order valence-corrected chi connectivity index (χ3v) is 5.15. The van der Waals surface area contributed by atoms with Gasteiger partial charge in [-0.25, -0.2) is 0 Å². The Morgan fingerprint density at radius 3 is 2.29 bits per heavy atom. The third kappa shape index (κ3) is 7.17. The van der Waals surface area contributed by atoms with E-state index in [0.29, 0.717) is 16.9 Å². The van der Waals surface area contributed by atoms with Crippen LogP contribution in [0.1, 0.15) is 15.9 Å². The highest BCUT2D eigenvalue weighted by Gasteiger charge is 2.06. The average molecular weight is 432 g/mol. The number of hydrogen-bond donors (Lipinski definition) is 3. The number of nitrogens with two attached hydrogens (primary N) is 1. The Kier molecular flexibility index (Phi) is 7.61. The van der Waals surface area contributed by atoms with Gasteiger partial charge >= 0.3 is 0 Å². The number of amides is 3. The lowest BCUT2D eigenvalue weighted by Gasteiger charge is -2.07. The molecule has 0 bridgehead atoms. The number of primary amides is 1. The number of benzene rings is 3. The molecule has 156 valence electrons. The Bertz CT molecular complexity index is 1100. The van der Waals surface area contributed by atoms with Crippen LogP contribution in [0, 0.1) is 0 Å². The van der Waals surface area contributed by atoms with Crippen LogP contribution < -0.4 is 16.4 Å². The monoisotopic (exact) mass is 431 g/mol. The van der Waals surface area contributed by atoms with E-state index >= 15 is 0 Å². The standard InChI is InChI=1S/C24H21N3O3S/c25-24(30)18-10-12-19(13-11-18)26-23(29)16-31-21-8-4-7-20(15-21)27-22(28)14-9-17-5-2-1-3-6-17/h1-15H,16H2,(H2,25,30)(H,26,29)(H,27,28)/b14-9+. The fourth-order valence-electron chi connectivity index (χ4n) is 2.65. The maximum Gasteiger partial charge on any atom is 0.248 e. The average Bonchev–Trinajstić information content (AvgIpc) is 2.78. The van der Waals surface area contributed by atoms with E-state index in [2.05, 4.69) is 10.6 Å². The van der Waals surface area contributed by atoms with Gasteiger partial charge in [0, 0.05) is 27.9 Å². The molecule has 0 heterocycles. The molecule has 6 nitrogen and oxygen atoms in total. The van der Waals surface area contributed by atoms with Crippen molar-refractivity contribution in [1.29, 1.82) is 0 Å². The van der Waals surface area contributed by atoms with Gasteiger partial charge in [0.05, 0.1) is 5.75 Å². The van der Waals surface area contributed by atoms with Crippen LogP contribution in [-0.4, -0.2) is 23.5 Å². The molecule has 0 aliphatic rings. The molecule has 3 amide bonds. The molecule has 0 saturated carbocycles. The first kappa shape index (κ1) is 21.9. The third-order valence-electron chi connectivity index (χ3n) is 4.15. The second-order valence-electron chi connectivity index (χ2n) is 6.54. The van der Waals surface area contributed by atoms with Crippen LogP contribution in [0.2, 0.25) is 0 Å². The largest absolute Gasteiger partial charge is 0.366 e. The van der Waals surface area contributed by atoms with E-state index in [4.69, 9.17) is 5.73 Å². The zero-order chi connectivity index (χ0) is 22.1. The lowest BCUT2D eigenvalue weighted by molar-refractivity contribution is -0.114. The highest BCUT2D eigenvalue weighted by Crippen LogP contribution is 2.22. The summed E-state index contributed by atoms with van der Waals surface area (Å²) in [5.41, 5.74) is 7.76. The smallest absolute Gasteiger partial charge is 0.248 e. The zero-order valence-corrected chi connectivity index (χ0v) is 17.4. The van der Waals surface area contributed by atoms with Gasteiger partial charge in [-0.1, -0.05) is 36.4 Å². The lowest BCUT2D eigenvalue weighted by Crippen LogP contribution is -2.15. The van der Waals surface area contributed by atoms with E-state index in [-0.39, 0.29) is 17.6 Å². The van der Waals surface area contributed by atoms with Crippen molar-refractivity contribution in [3.05, 3.63) is 96.1 Å². The number of thioether (sulfide) groups is 1. The Labute approximate surface area is 184 Å². The van der Waals surface area contributed by atoms with E-state index in [9.17, 15) is 14.4 Å². The van der Waals surface area contributed by atoms with E-state index < -0.39 is 5.91 Å². The van der Waals surface area contributed by atoms with Crippen molar-refractivity contribution in [2.24, 2.45) is 5.73 Å². The first-order valence-electron chi connectivity index (χ1n) is 9.46. The zero-order valence-electron chi connectivity index (χ0n) is 16.6. The molecule has 3 rings (SSSR count). The summed E-state index contributed by atoms with van der Waals surface area (Å²) < 4.78 is 0. The van der Waals surface area contributed by atoms with Crippen LogP contribution in [-0.2, 0) is 9.59 Å². The van der Waals surface area contributed by atoms with Gasteiger partial charge in [0.1, 0.15) is 0 Å². The molecule has 7 heteroatoms. The molecule has 31 heavy (non-hydrogen) atoms. The van der Waals surface area contributed by atoms with E-state index in [1.807, 2.05) is 48.5 Å². The number of nitrogens with one attached hydrogen (secondary N) is 2. The summed E-state index contributed by atoms with van der Waals surface area (Å²) in [6.07, 6.45) is 3.22. The molecule has 0 radical (unpaired) electrons. The van der Waals surface area contributed by atoms with Crippen molar-refractivity contribution in [3.8, 4) is 0 Å². The molecule has 0 aliphatic carbocycles. The molecule has 0 fully saturated rings. The maximum atomic E-state index is 12.2. The first-order chi connectivity index (χ1) is 15.0. The van der Waals surface area contributed by atoms with Crippen molar-refractivity contribution in [3.63, 3.8) is 0 Å². The maximum absolute atomic E-state index is 12.2. The first-order valence-corrected chi connectivity index (χ1v) is 10.4. The van der Waals surface area contributed by atoms with Gasteiger partial charge in [0.25, 0.3) is 0 Å². The molecular weight excluding hydrogens is 410 g/mol. The Morgan fingerprint density at radius 2 is 1.58 bits per heavy atom. The van der Waals surface area contributed by atoms with Crippen molar-refractivity contribution in [2.75, 3.05) is 16.4 Å². The molecule has 0 aliphatic heterocycles. The lowest BCUT2D eigenvalue weighted by atomic mass is 10.2. The van der Waals surface area contributed by atoms with Gasteiger partial charge in [0.2, 0.25) is 17.7 Å². The van der Waals surface area contributed by atoms with Crippen LogP contribution in [0.15, 0.2) is 89.8 Å². The molecule has 0 spiro atoms. The quantitative estimate of drug-likeness (QED) is 0.368. The summed E-state index contributed by atoms with van der Waals surface area (Å²) >= 11 is 1.35. The van der Waals surface area contributed by atoms with Gasteiger partial charge in [-0.15, -0.1) is 11.8 Å². The summed E-state index contributed by atoms with van der Waals surface area (Å²) in [4.78, 5) is 36.3. The summed E-state index contributed by atoms with van der Waals surface area (Å²) in [7, 11) is 0. The van der Waals surface area contributed by atoms with Crippen molar-refractivity contribution in [1.82, 2.24) is 0 Å². The molecule has 3 aromatic carbocycles. The van der Waals surface area contributed by atoms with Gasteiger partial charge in [-0.3, -0.25) is 14.4 Å². The van der Waals surface area contributed by atoms with E-state index in [1.165, 1.54) is 17.8 Å². The topological polar surface area (TPSA) is 101 Å². The minimum Gasteiger partial charge on any atom is -0.366 e. The number of anilines is 2. The molecule has 0 saturated heterocycles. The van der Waals surface area contributed by atoms with Crippen LogP contribution in [0.5, 0.6) is 0 Å². The van der Waals surface area contributed by atoms with E-state index in [0.717, 1.165) is 10.5 Å². The number of rotatable bonds is 8. The van der Waals surface area contributed by atoms with Crippen molar-refractivity contribution >= 4 is 46.9 Å². The summed E-state index contributed by atoms with van der Waals surface area (Å²) in [5.74, 6) is -0.737. The summed E-state index contributed by atoms with van der Waals surface area (Å²) in [6.45, 7) is 0. The van der Waals surface area contributed by atoms with E-state index in [1.54, 1.807) is 36.4 Å². The second-order valence-corrected chi connectivity index (χ2v) is 7.59. The highest BCUT2D eigenvalue weighted by molar-refractivity contribution is 8.00. The Hall–Kier alpha value is -3.84. The van der Waals surface area contributed by atoms with Gasteiger partial charge in [0.15, 0.2) is 0 Å². The molecule has 3 aromatic rings. The summed E-state index contributed by atoms with van der Waals surface area (Å²) in [5, 5.41) is 5.58. The second kappa shape index (κ2) is 10.8. The Morgan fingerprint density at radius 1 is 0.839 bits per heavy atom. The Balaban J connectivity index is 1.50. The predicted octanol–water partition coefficient (Wildman–Crippen LogP) is 4.17. The fraction of sp³-hybridized carbons (Fsp3) is 0.0417. The molecule has 4 N–H and O–H groups in total. The van der Waals surface area contributed by atoms with Crippen molar-refractivity contribution in [2.45, 2.75) is 4.90 Å². The number of hydrogen-bond acceptors (Lipinski definition) is 4. The minimum atomic E-state index is -0.518. The van der Waals surface area contributed by atoms with Gasteiger partial charge < -0.3 is 16.4 Å². The normalized spacial score (nSPS) is 10.6. The highest BCUT2D eigenvalue weighted by atomic mass is 32.2. The van der Waals surface area contributed by atoms with Gasteiger partial charge in [-0.2, -0.15) is 0 Å². The minimum absolute atomic E-state index is 0.183. The number of carbonyl (C=O) groups is 3. The van der Waals surface area contributed by atoms with Gasteiger partial charge in [-0.05, 0) is 54.1 Å². The van der Waals surface area contributed by atoms with Crippen LogP contribution in [0.25, 0.3) is 6.08 Å². The molecule has 0 atom stereocenters. The van der Waals surface area contributed by atoms with Crippen LogP contribution >= 0.6 is 11.8 Å². The SMILES string of the molecule is NC(=O)c1ccc(NC(=O)CSc2cccc(NC(=O)/C=C/c3ccccc3)c2)cc1. The molecule has 0 aromatic heterocycles. The predicted molar refractivity (Wildman–Crippen MR) is 125 cm³/mol. The fourth-order valence-corrected chi connectivity index (χ4v) is 3.40. The summed E-state index contributed by atoms with van der Waals surface area (Å²) in [6, 6.07) is 23.2. The molecule has 0 unspecified atom stereocenters. The van der Waals surface area contributed by atoms with Crippen LogP contribution in [0.4, 0.5) is 11.4 Å². The number of carbonyl (C=O) groups excluding carboxylic acids is 3. The van der Waals surface area contributed by atoms with Crippen LogP contribution in [0.3, 0.4) is 0 Å². The van der Waals surface area contributed by atoms with Crippen molar-refractivity contribution < 1.29 is 14.4 Å². The molecular formula is C24H21N3O3S.